The van der Waals surface area contributed by atoms with E-state index in [1.165, 1.54) is 0 Å². The third-order valence-corrected chi connectivity index (χ3v) is 5.06. The smallest absolute Gasteiger partial charge is 0.143 e. The minimum absolute atomic E-state index is 0.152. The zero-order chi connectivity index (χ0) is 19.4. The molecule has 0 aliphatic carbocycles. The van der Waals surface area contributed by atoms with Crippen LogP contribution in [0, 0.1) is 0 Å². The van der Waals surface area contributed by atoms with Crippen molar-refractivity contribution in [3.8, 4) is 11.5 Å². The van der Waals surface area contributed by atoms with Crippen LogP contribution in [0.25, 0.3) is 0 Å². The van der Waals surface area contributed by atoms with Crippen LogP contribution in [0.5, 0.6) is 11.5 Å². The van der Waals surface area contributed by atoms with E-state index in [4.69, 9.17) is 18.9 Å². The van der Waals surface area contributed by atoms with Crippen molar-refractivity contribution in [2.45, 2.75) is 11.7 Å². The predicted molar refractivity (Wildman–Crippen MR) is 108 cm³/mol. The highest BCUT2D eigenvalue weighted by atomic mass is 16.6. The van der Waals surface area contributed by atoms with E-state index in [-0.39, 0.29) is 6.10 Å². The summed E-state index contributed by atoms with van der Waals surface area (Å²) in [6.45, 7) is 1.27. The summed E-state index contributed by atoms with van der Waals surface area (Å²) < 4.78 is 22.8. The lowest BCUT2D eigenvalue weighted by Crippen LogP contribution is -2.34. The monoisotopic (exact) mass is 376 g/mol. The molecular weight excluding hydrogens is 352 g/mol. The first-order valence-electron chi connectivity index (χ1n) is 9.36. The molecule has 0 spiro atoms. The summed E-state index contributed by atoms with van der Waals surface area (Å²) in [5.74, 6) is 1.62. The molecule has 4 nitrogen and oxygen atoms in total. The Labute approximate surface area is 165 Å². The lowest BCUT2D eigenvalue weighted by Gasteiger charge is -2.36. The van der Waals surface area contributed by atoms with Gasteiger partial charge >= 0.3 is 0 Å². The summed E-state index contributed by atoms with van der Waals surface area (Å²) in [6, 6.07) is 26.4. The Morgan fingerprint density at radius 1 is 0.750 bits per heavy atom. The molecule has 0 unspecified atom stereocenters. The number of rotatable bonds is 8. The lowest BCUT2D eigenvalue weighted by molar-refractivity contribution is 0.00426. The summed E-state index contributed by atoms with van der Waals surface area (Å²) in [6.07, 6.45) is 0.152. The van der Waals surface area contributed by atoms with Gasteiger partial charge in [-0.25, -0.2) is 0 Å². The second-order valence-corrected chi connectivity index (χ2v) is 6.77. The van der Waals surface area contributed by atoms with E-state index in [0.29, 0.717) is 6.61 Å². The highest BCUT2D eigenvalue weighted by molar-refractivity contribution is 5.49. The molecule has 1 saturated heterocycles. The molecule has 0 aromatic heterocycles. The average molecular weight is 376 g/mol. The minimum atomic E-state index is -0.758. The van der Waals surface area contributed by atoms with E-state index in [0.717, 1.165) is 34.8 Å². The molecule has 1 atom stereocenters. The molecule has 3 aromatic rings. The van der Waals surface area contributed by atoms with Gasteiger partial charge in [0.15, 0.2) is 0 Å². The van der Waals surface area contributed by atoms with E-state index < -0.39 is 5.60 Å². The first-order chi connectivity index (χ1) is 13.8. The Bertz CT molecular complexity index is 837. The van der Waals surface area contributed by atoms with Gasteiger partial charge in [0.1, 0.15) is 23.2 Å². The first-order valence-corrected chi connectivity index (χ1v) is 9.36. The molecule has 28 heavy (non-hydrogen) atoms. The van der Waals surface area contributed by atoms with Crippen molar-refractivity contribution in [3.05, 3.63) is 95.6 Å². The molecule has 1 aliphatic heterocycles. The lowest BCUT2D eigenvalue weighted by atomic mass is 9.80. The topological polar surface area (TPSA) is 40.2 Å². The largest absolute Gasteiger partial charge is 0.497 e. The van der Waals surface area contributed by atoms with Crippen molar-refractivity contribution in [2.24, 2.45) is 0 Å². The van der Waals surface area contributed by atoms with E-state index in [1.807, 2.05) is 42.5 Å². The molecule has 0 N–H and O–H groups in total. The molecule has 0 radical (unpaired) electrons. The van der Waals surface area contributed by atoms with Crippen LogP contribution in [0.3, 0.4) is 0 Å². The van der Waals surface area contributed by atoms with Crippen molar-refractivity contribution < 1.29 is 18.9 Å². The van der Waals surface area contributed by atoms with E-state index in [9.17, 15) is 0 Å². The highest BCUT2D eigenvalue weighted by Gasteiger charge is 2.39. The fourth-order valence-electron chi connectivity index (χ4n) is 3.46. The second kappa shape index (κ2) is 8.05. The van der Waals surface area contributed by atoms with Crippen molar-refractivity contribution in [1.82, 2.24) is 0 Å². The van der Waals surface area contributed by atoms with Crippen LogP contribution in [0.4, 0.5) is 0 Å². The number of hydrogen-bond acceptors (Lipinski definition) is 4. The van der Waals surface area contributed by atoms with Gasteiger partial charge in [0, 0.05) is 0 Å². The van der Waals surface area contributed by atoms with E-state index in [1.54, 1.807) is 14.2 Å². The first kappa shape index (κ1) is 18.5. The van der Waals surface area contributed by atoms with Gasteiger partial charge in [-0.15, -0.1) is 0 Å². The van der Waals surface area contributed by atoms with Crippen molar-refractivity contribution in [2.75, 3.05) is 27.4 Å². The van der Waals surface area contributed by atoms with Crippen LogP contribution in [-0.2, 0) is 15.1 Å². The Morgan fingerprint density at radius 3 is 1.64 bits per heavy atom. The van der Waals surface area contributed by atoms with Gasteiger partial charge < -0.3 is 18.9 Å². The predicted octanol–water partition coefficient (Wildman–Crippen LogP) is 4.41. The van der Waals surface area contributed by atoms with E-state index in [2.05, 4.69) is 36.4 Å². The summed E-state index contributed by atoms with van der Waals surface area (Å²) in [7, 11) is 3.34. The van der Waals surface area contributed by atoms with Gasteiger partial charge in [-0.1, -0.05) is 54.6 Å². The Balaban J connectivity index is 1.88. The Kier molecular flexibility index (Phi) is 5.33. The van der Waals surface area contributed by atoms with Crippen molar-refractivity contribution >= 4 is 0 Å². The van der Waals surface area contributed by atoms with Crippen LogP contribution in [-0.4, -0.2) is 33.5 Å². The second-order valence-electron chi connectivity index (χ2n) is 6.77. The maximum Gasteiger partial charge on any atom is 0.143 e. The normalized spacial score (nSPS) is 15.9. The van der Waals surface area contributed by atoms with Gasteiger partial charge in [-0.3, -0.25) is 0 Å². The van der Waals surface area contributed by atoms with Gasteiger partial charge in [0.2, 0.25) is 0 Å². The third-order valence-electron chi connectivity index (χ3n) is 5.06. The van der Waals surface area contributed by atoms with Crippen molar-refractivity contribution in [1.29, 1.82) is 0 Å². The Hall–Kier alpha value is -2.82. The molecule has 0 amide bonds. The summed E-state index contributed by atoms with van der Waals surface area (Å²) in [5, 5.41) is 0. The minimum Gasteiger partial charge on any atom is -0.497 e. The molecule has 1 heterocycles. The van der Waals surface area contributed by atoms with Gasteiger partial charge in [-0.2, -0.15) is 0 Å². The SMILES string of the molecule is COc1ccc(C(OC[C@H]2CO2)(c2ccccc2)c2ccc(OC)cc2)cc1. The number of ether oxygens (including phenoxy) is 4. The zero-order valence-corrected chi connectivity index (χ0v) is 16.1. The van der Waals surface area contributed by atoms with Gasteiger partial charge in [0.25, 0.3) is 0 Å². The maximum atomic E-state index is 6.65. The van der Waals surface area contributed by atoms with Crippen LogP contribution in [0.1, 0.15) is 16.7 Å². The van der Waals surface area contributed by atoms with Crippen LogP contribution in [0.15, 0.2) is 78.9 Å². The summed E-state index contributed by atoms with van der Waals surface area (Å²) >= 11 is 0. The fraction of sp³-hybridized carbons (Fsp3) is 0.250. The molecule has 3 aromatic carbocycles. The quantitative estimate of drug-likeness (QED) is 0.431. The summed E-state index contributed by atoms with van der Waals surface area (Å²) in [5.41, 5.74) is 2.37. The average Bonchev–Trinajstić information content (AvgIpc) is 3.60. The third kappa shape index (κ3) is 3.61. The number of benzene rings is 3. The summed E-state index contributed by atoms with van der Waals surface area (Å²) in [4.78, 5) is 0. The van der Waals surface area contributed by atoms with E-state index >= 15 is 0 Å². The van der Waals surface area contributed by atoms with Crippen LogP contribution >= 0.6 is 0 Å². The highest BCUT2D eigenvalue weighted by Crippen LogP contribution is 2.42. The molecule has 0 bridgehead atoms. The van der Waals surface area contributed by atoms with Crippen LogP contribution in [0.2, 0.25) is 0 Å². The van der Waals surface area contributed by atoms with Crippen molar-refractivity contribution in [3.63, 3.8) is 0 Å². The number of hydrogen-bond donors (Lipinski definition) is 0. The molecule has 4 heteroatoms. The standard InChI is InChI=1S/C24H24O4/c1-25-21-12-8-19(9-13-21)24(28-17-23-16-27-23,18-6-4-3-5-7-18)20-10-14-22(26-2)15-11-20/h3-15,23H,16-17H2,1-2H3/t23-/m1/s1. The molecule has 1 aliphatic rings. The number of epoxide rings is 1. The van der Waals surface area contributed by atoms with Gasteiger partial charge in [-0.05, 0) is 41.0 Å². The number of methoxy groups -OCH3 is 2. The zero-order valence-electron chi connectivity index (χ0n) is 16.1. The Morgan fingerprint density at radius 2 is 1.21 bits per heavy atom. The maximum absolute atomic E-state index is 6.65. The van der Waals surface area contributed by atoms with Crippen LogP contribution < -0.4 is 9.47 Å². The molecular formula is C24H24O4. The molecule has 144 valence electrons. The van der Waals surface area contributed by atoms with Gasteiger partial charge in [0.05, 0.1) is 27.4 Å². The molecule has 4 rings (SSSR count). The molecule has 1 fully saturated rings. The fourth-order valence-corrected chi connectivity index (χ4v) is 3.46. The molecule has 0 saturated carbocycles.